The maximum atomic E-state index is 12.9. The van der Waals surface area contributed by atoms with E-state index in [1.807, 2.05) is 29.2 Å². The van der Waals surface area contributed by atoms with Crippen LogP contribution in [0.1, 0.15) is 48.7 Å². The fraction of sp³-hybridized carbons (Fsp3) is 0.458. The molecule has 0 N–H and O–H groups in total. The van der Waals surface area contributed by atoms with Gasteiger partial charge in [-0.1, -0.05) is 51.1 Å². The number of methoxy groups -OCH3 is 1. The fourth-order valence-corrected chi connectivity index (χ4v) is 3.64. The fourth-order valence-electron chi connectivity index (χ4n) is 3.64. The summed E-state index contributed by atoms with van der Waals surface area (Å²) in [6, 6.07) is 16.4. The molecule has 0 bridgehead atoms. The van der Waals surface area contributed by atoms with Gasteiger partial charge in [0.05, 0.1) is 7.11 Å². The Bertz CT molecular complexity index is 793. The average molecular weight is 381 g/mol. The van der Waals surface area contributed by atoms with Crippen molar-refractivity contribution in [1.82, 2.24) is 9.80 Å². The zero-order valence-electron chi connectivity index (χ0n) is 17.6. The van der Waals surface area contributed by atoms with Crippen molar-refractivity contribution >= 4 is 5.91 Å². The number of benzene rings is 2. The maximum absolute atomic E-state index is 12.9. The molecule has 0 spiro atoms. The van der Waals surface area contributed by atoms with Gasteiger partial charge in [-0.2, -0.15) is 0 Å². The second kappa shape index (κ2) is 8.78. The molecule has 1 amide bonds. The van der Waals surface area contributed by atoms with Crippen LogP contribution < -0.4 is 4.74 Å². The molecule has 3 rings (SSSR count). The summed E-state index contributed by atoms with van der Waals surface area (Å²) in [4.78, 5) is 17.3. The number of carbonyl (C=O) groups is 1. The number of amides is 1. The van der Waals surface area contributed by atoms with Crippen LogP contribution in [0.5, 0.6) is 5.75 Å². The first-order chi connectivity index (χ1) is 13.4. The van der Waals surface area contributed by atoms with E-state index in [2.05, 4.69) is 49.9 Å². The molecule has 0 aromatic heterocycles. The first-order valence-electron chi connectivity index (χ1n) is 10.1. The van der Waals surface area contributed by atoms with Crippen molar-refractivity contribution < 1.29 is 9.53 Å². The molecule has 0 saturated carbocycles. The lowest BCUT2D eigenvalue weighted by atomic mass is 9.87. The summed E-state index contributed by atoms with van der Waals surface area (Å²) < 4.78 is 5.25. The van der Waals surface area contributed by atoms with Crippen molar-refractivity contribution in [2.24, 2.45) is 0 Å². The lowest BCUT2D eigenvalue weighted by molar-refractivity contribution is 0.0760. The first kappa shape index (κ1) is 20.4. The molecule has 0 radical (unpaired) electrons. The molecular weight excluding hydrogens is 348 g/mol. The molecule has 1 heterocycles. The van der Waals surface area contributed by atoms with Crippen molar-refractivity contribution in [3.05, 3.63) is 65.2 Å². The number of hydrogen-bond donors (Lipinski definition) is 0. The summed E-state index contributed by atoms with van der Waals surface area (Å²) in [5.41, 5.74) is 3.58. The molecule has 4 heteroatoms. The van der Waals surface area contributed by atoms with Crippen molar-refractivity contribution in [2.45, 2.75) is 39.2 Å². The molecule has 1 saturated heterocycles. The summed E-state index contributed by atoms with van der Waals surface area (Å²) in [6.07, 6.45) is 0.996. The Hall–Kier alpha value is -2.33. The molecule has 0 aliphatic carbocycles. The molecule has 150 valence electrons. The Balaban J connectivity index is 1.59. The molecule has 1 aliphatic rings. The van der Waals surface area contributed by atoms with Gasteiger partial charge >= 0.3 is 0 Å². The lowest BCUT2D eigenvalue weighted by Crippen LogP contribution is -2.35. The summed E-state index contributed by atoms with van der Waals surface area (Å²) in [5.74, 6) is 0.816. The molecule has 2 aromatic rings. The first-order valence-corrected chi connectivity index (χ1v) is 10.1. The van der Waals surface area contributed by atoms with Gasteiger partial charge in [-0.15, -0.1) is 0 Å². The van der Waals surface area contributed by atoms with Gasteiger partial charge in [0.25, 0.3) is 5.91 Å². The van der Waals surface area contributed by atoms with Crippen LogP contribution in [0.4, 0.5) is 0 Å². The molecule has 0 atom stereocenters. The van der Waals surface area contributed by atoms with Gasteiger partial charge in [0.15, 0.2) is 0 Å². The molecule has 1 aliphatic heterocycles. The minimum atomic E-state index is 0.0929. The molecule has 4 nitrogen and oxygen atoms in total. The molecule has 2 aromatic carbocycles. The van der Waals surface area contributed by atoms with Gasteiger partial charge in [0.2, 0.25) is 0 Å². The zero-order chi connectivity index (χ0) is 20.1. The largest absolute Gasteiger partial charge is 0.497 e. The molecule has 28 heavy (non-hydrogen) atoms. The predicted octanol–water partition coefficient (Wildman–Crippen LogP) is 4.34. The van der Waals surface area contributed by atoms with E-state index < -0.39 is 0 Å². The van der Waals surface area contributed by atoms with E-state index in [-0.39, 0.29) is 11.3 Å². The molecular formula is C24H32N2O2. The topological polar surface area (TPSA) is 32.8 Å². The van der Waals surface area contributed by atoms with Gasteiger partial charge in [0.1, 0.15) is 5.75 Å². The minimum absolute atomic E-state index is 0.0929. The van der Waals surface area contributed by atoms with E-state index in [0.29, 0.717) is 5.56 Å². The number of hydrogen-bond acceptors (Lipinski definition) is 3. The number of ether oxygens (including phenoxy) is 1. The van der Waals surface area contributed by atoms with Crippen LogP contribution in [0, 0.1) is 0 Å². The highest BCUT2D eigenvalue weighted by molar-refractivity contribution is 5.94. The Morgan fingerprint density at radius 2 is 1.75 bits per heavy atom. The van der Waals surface area contributed by atoms with Crippen LogP contribution in [0.25, 0.3) is 0 Å². The highest BCUT2D eigenvalue weighted by Gasteiger charge is 2.21. The second-order valence-corrected chi connectivity index (χ2v) is 8.60. The van der Waals surface area contributed by atoms with E-state index in [1.54, 1.807) is 7.11 Å². The minimum Gasteiger partial charge on any atom is -0.497 e. The van der Waals surface area contributed by atoms with Crippen molar-refractivity contribution in [3.8, 4) is 5.75 Å². The van der Waals surface area contributed by atoms with Crippen molar-refractivity contribution in [3.63, 3.8) is 0 Å². The lowest BCUT2D eigenvalue weighted by Gasteiger charge is -2.23. The average Bonchev–Trinajstić information content (AvgIpc) is 2.93. The third-order valence-corrected chi connectivity index (χ3v) is 5.42. The third kappa shape index (κ3) is 5.14. The Labute approximate surface area is 169 Å². The van der Waals surface area contributed by atoms with Gasteiger partial charge in [0, 0.05) is 38.3 Å². The van der Waals surface area contributed by atoms with Crippen LogP contribution in [-0.2, 0) is 12.0 Å². The second-order valence-electron chi connectivity index (χ2n) is 8.60. The Morgan fingerprint density at radius 3 is 2.43 bits per heavy atom. The summed E-state index contributed by atoms with van der Waals surface area (Å²) in [7, 11) is 1.63. The number of rotatable bonds is 4. The Morgan fingerprint density at radius 1 is 1.00 bits per heavy atom. The van der Waals surface area contributed by atoms with Gasteiger partial charge in [-0.05, 0) is 41.2 Å². The SMILES string of the molecule is COc1cccc(C(=O)N2CCCN(Cc3ccc(C(C)(C)C)cc3)CC2)c1. The van der Waals surface area contributed by atoms with E-state index in [4.69, 9.17) is 4.74 Å². The van der Waals surface area contributed by atoms with Crippen LogP contribution >= 0.6 is 0 Å². The standard InChI is InChI=1S/C24H32N2O2/c1-24(2,3)21-11-9-19(10-12-21)18-25-13-6-14-26(16-15-25)23(27)20-7-5-8-22(17-20)28-4/h5,7-12,17H,6,13-16,18H2,1-4H3. The van der Waals surface area contributed by atoms with Gasteiger partial charge < -0.3 is 9.64 Å². The normalized spacial score (nSPS) is 15.9. The summed E-state index contributed by atoms with van der Waals surface area (Å²) >= 11 is 0. The van der Waals surface area contributed by atoms with E-state index in [9.17, 15) is 4.79 Å². The van der Waals surface area contributed by atoms with E-state index in [1.165, 1.54) is 11.1 Å². The smallest absolute Gasteiger partial charge is 0.254 e. The third-order valence-electron chi connectivity index (χ3n) is 5.42. The van der Waals surface area contributed by atoms with Gasteiger partial charge in [-0.3, -0.25) is 9.69 Å². The number of nitrogens with zero attached hydrogens (tertiary/aromatic N) is 2. The highest BCUT2D eigenvalue weighted by atomic mass is 16.5. The van der Waals surface area contributed by atoms with Crippen LogP contribution in [0.2, 0.25) is 0 Å². The van der Waals surface area contributed by atoms with Crippen molar-refractivity contribution in [1.29, 1.82) is 0 Å². The summed E-state index contributed by atoms with van der Waals surface area (Å²) in [5, 5.41) is 0. The van der Waals surface area contributed by atoms with Crippen LogP contribution in [0.15, 0.2) is 48.5 Å². The van der Waals surface area contributed by atoms with E-state index in [0.717, 1.165) is 44.9 Å². The monoisotopic (exact) mass is 380 g/mol. The van der Waals surface area contributed by atoms with E-state index >= 15 is 0 Å². The highest BCUT2D eigenvalue weighted by Crippen LogP contribution is 2.23. The number of carbonyl (C=O) groups excluding carboxylic acids is 1. The molecule has 1 fully saturated rings. The Kier molecular flexibility index (Phi) is 6.40. The zero-order valence-corrected chi connectivity index (χ0v) is 17.6. The molecule has 0 unspecified atom stereocenters. The van der Waals surface area contributed by atoms with Crippen LogP contribution in [-0.4, -0.2) is 49.0 Å². The summed E-state index contributed by atoms with van der Waals surface area (Å²) in [6.45, 7) is 11.1. The predicted molar refractivity (Wildman–Crippen MR) is 114 cm³/mol. The maximum Gasteiger partial charge on any atom is 0.254 e. The van der Waals surface area contributed by atoms with Crippen LogP contribution in [0.3, 0.4) is 0 Å². The quantitative estimate of drug-likeness (QED) is 0.791. The van der Waals surface area contributed by atoms with Crippen molar-refractivity contribution in [2.75, 3.05) is 33.3 Å². The van der Waals surface area contributed by atoms with Gasteiger partial charge in [-0.25, -0.2) is 0 Å².